The Labute approximate surface area is 129 Å². The molecule has 2 rings (SSSR count). The SMILES string of the molecule is CCCNc1ncnc(Nc2ccc(Br)cn2)c1[N+](=O)[O-]. The standard InChI is InChI=1S/C12H13BrN6O2/c1-2-5-14-11-10(19(20)21)12(17-7-16-11)18-9-4-3-8(13)6-15-9/h3-4,6-7H,2,5H2,1H3,(H2,14,15,16,17,18). The lowest BCUT2D eigenvalue weighted by Crippen LogP contribution is -2.09. The van der Waals surface area contributed by atoms with Gasteiger partial charge in [0.2, 0.25) is 11.6 Å². The number of pyridine rings is 1. The average Bonchev–Trinajstić information content (AvgIpc) is 2.47. The topological polar surface area (TPSA) is 106 Å². The molecule has 8 nitrogen and oxygen atoms in total. The number of hydrogen-bond acceptors (Lipinski definition) is 7. The van der Waals surface area contributed by atoms with Crippen LogP contribution in [0.15, 0.2) is 29.1 Å². The van der Waals surface area contributed by atoms with Crippen molar-refractivity contribution in [1.82, 2.24) is 15.0 Å². The summed E-state index contributed by atoms with van der Waals surface area (Å²) in [6.07, 6.45) is 3.69. The lowest BCUT2D eigenvalue weighted by molar-refractivity contribution is -0.383. The molecule has 2 heterocycles. The van der Waals surface area contributed by atoms with E-state index in [4.69, 9.17) is 0 Å². The van der Waals surface area contributed by atoms with Crippen molar-refractivity contribution in [3.63, 3.8) is 0 Å². The molecule has 2 aromatic heterocycles. The molecule has 0 amide bonds. The first kappa shape index (κ1) is 15.1. The maximum absolute atomic E-state index is 11.3. The van der Waals surface area contributed by atoms with Gasteiger partial charge in [-0.1, -0.05) is 6.92 Å². The van der Waals surface area contributed by atoms with Crippen molar-refractivity contribution >= 4 is 39.1 Å². The molecule has 0 saturated heterocycles. The van der Waals surface area contributed by atoms with Crippen LogP contribution in [0.5, 0.6) is 0 Å². The molecule has 9 heteroatoms. The summed E-state index contributed by atoms with van der Waals surface area (Å²) in [6, 6.07) is 3.47. The Bertz CT molecular complexity index is 634. The van der Waals surface area contributed by atoms with E-state index in [-0.39, 0.29) is 17.3 Å². The number of hydrogen-bond donors (Lipinski definition) is 2. The highest BCUT2D eigenvalue weighted by Gasteiger charge is 2.22. The van der Waals surface area contributed by atoms with Crippen LogP contribution in [0.2, 0.25) is 0 Å². The summed E-state index contributed by atoms with van der Waals surface area (Å²) >= 11 is 3.27. The zero-order valence-corrected chi connectivity index (χ0v) is 12.8. The van der Waals surface area contributed by atoms with Crippen molar-refractivity contribution in [1.29, 1.82) is 0 Å². The number of rotatable bonds is 6. The Morgan fingerprint density at radius 3 is 2.67 bits per heavy atom. The Hall–Kier alpha value is -2.29. The number of nitrogens with one attached hydrogen (secondary N) is 2. The Balaban J connectivity index is 2.33. The molecule has 21 heavy (non-hydrogen) atoms. The summed E-state index contributed by atoms with van der Waals surface area (Å²) in [5, 5.41) is 17.0. The van der Waals surface area contributed by atoms with E-state index in [1.165, 1.54) is 6.33 Å². The van der Waals surface area contributed by atoms with E-state index < -0.39 is 4.92 Å². The van der Waals surface area contributed by atoms with Gasteiger partial charge in [0.25, 0.3) is 0 Å². The van der Waals surface area contributed by atoms with Crippen LogP contribution >= 0.6 is 15.9 Å². The molecular weight excluding hydrogens is 340 g/mol. The van der Waals surface area contributed by atoms with Gasteiger partial charge < -0.3 is 10.6 Å². The van der Waals surface area contributed by atoms with Crippen LogP contribution in [0.1, 0.15) is 13.3 Å². The Kier molecular flexibility index (Phi) is 4.99. The number of nitrogens with zero attached hydrogens (tertiary/aromatic N) is 4. The normalized spacial score (nSPS) is 10.2. The van der Waals surface area contributed by atoms with Gasteiger partial charge in [0.05, 0.1) is 4.92 Å². The van der Waals surface area contributed by atoms with E-state index >= 15 is 0 Å². The first-order valence-electron chi connectivity index (χ1n) is 6.23. The van der Waals surface area contributed by atoms with Gasteiger partial charge in [-0.05, 0) is 34.5 Å². The molecule has 2 N–H and O–H groups in total. The highest BCUT2D eigenvalue weighted by molar-refractivity contribution is 9.10. The van der Waals surface area contributed by atoms with Crippen LogP contribution < -0.4 is 10.6 Å². The highest BCUT2D eigenvalue weighted by atomic mass is 79.9. The Morgan fingerprint density at radius 2 is 2.05 bits per heavy atom. The molecule has 0 aliphatic rings. The van der Waals surface area contributed by atoms with Crippen molar-refractivity contribution in [2.24, 2.45) is 0 Å². The molecular formula is C12H13BrN6O2. The molecule has 0 fully saturated rings. The fourth-order valence-corrected chi connectivity index (χ4v) is 1.82. The summed E-state index contributed by atoms with van der Waals surface area (Å²) in [5.74, 6) is 0.751. The maximum atomic E-state index is 11.3. The zero-order chi connectivity index (χ0) is 15.2. The average molecular weight is 353 g/mol. The number of nitro groups is 1. The third-order valence-corrected chi connectivity index (χ3v) is 2.99. The minimum atomic E-state index is -0.515. The zero-order valence-electron chi connectivity index (χ0n) is 11.2. The first-order chi connectivity index (χ1) is 10.1. The lowest BCUT2D eigenvalue weighted by Gasteiger charge is -2.09. The minimum Gasteiger partial charge on any atom is -0.364 e. The number of anilines is 3. The van der Waals surface area contributed by atoms with Crippen molar-refractivity contribution in [2.45, 2.75) is 13.3 Å². The number of aromatic nitrogens is 3. The van der Waals surface area contributed by atoms with Gasteiger partial charge in [0.15, 0.2) is 0 Å². The van der Waals surface area contributed by atoms with Crippen LogP contribution in [0.3, 0.4) is 0 Å². The van der Waals surface area contributed by atoms with E-state index in [0.717, 1.165) is 10.9 Å². The maximum Gasteiger partial charge on any atom is 0.353 e. The number of halogens is 1. The van der Waals surface area contributed by atoms with E-state index in [0.29, 0.717) is 12.4 Å². The van der Waals surface area contributed by atoms with Crippen LogP contribution in [0, 0.1) is 10.1 Å². The molecule has 0 aliphatic heterocycles. The van der Waals surface area contributed by atoms with Crippen LogP contribution in [-0.4, -0.2) is 26.4 Å². The summed E-state index contributed by atoms with van der Waals surface area (Å²) < 4.78 is 0.815. The second-order valence-electron chi connectivity index (χ2n) is 4.09. The molecule has 0 radical (unpaired) electrons. The largest absolute Gasteiger partial charge is 0.364 e. The lowest BCUT2D eigenvalue weighted by atomic mass is 10.4. The summed E-state index contributed by atoms with van der Waals surface area (Å²) in [7, 11) is 0. The van der Waals surface area contributed by atoms with Gasteiger partial charge in [0, 0.05) is 17.2 Å². The monoisotopic (exact) mass is 352 g/mol. The van der Waals surface area contributed by atoms with Gasteiger partial charge in [-0.15, -0.1) is 0 Å². The highest BCUT2D eigenvalue weighted by Crippen LogP contribution is 2.30. The second kappa shape index (κ2) is 6.93. The molecule has 110 valence electrons. The van der Waals surface area contributed by atoms with Gasteiger partial charge in [0.1, 0.15) is 12.1 Å². The quantitative estimate of drug-likeness (QED) is 0.607. The van der Waals surface area contributed by atoms with Crippen LogP contribution in [-0.2, 0) is 0 Å². The van der Waals surface area contributed by atoms with Gasteiger partial charge >= 0.3 is 5.69 Å². The van der Waals surface area contributed by atoms with Crippen LogP contribution in [0.25, 0.3) is 0 Å². The molecule has 0 unspecified atom stereocenters. The second-order valence-corrected chi connectivity index (χ2v) is 5.01. The minimum absolute atomic E-state index is 0.100. The summed E-state index contributed by atoms with van der Waals surface area (Å²) in [5.41, 5.74) is -0.198. The molecule has 0 aliphatic carbocycles. The summed E-state index contributed by atoms with van der Waals surface area (Å²) in [4.78, 5) is 22.7. The molecule has 0 saturated carbocycles. The molecule has 0 bridgehead atoms. The van der Waals surface area contributed by atoms with E-state index in [1.807, 2.05) is 6.92 Å². The summed E-state index contributed by atoms with van der Waals surface area (Å²) in [6.45, 7) is 2.55. The van der Waals surface area contributed by atoms with E-state index in [1.54, 1.807) is 18.3 Å². The predicted molar refractivity (Wildman–Crippen MR) is 82.7 cm³/mol. The van der Waals surface area contributed by atoms with Crippen molar-refractivity contribution in [2.75, 3.05) is 17.2 Å². The first-order valence-corrected chi connectivity index (χ1v) is 7.03. The van der Waals surface area contributed by atoms with Gasteiger partial charge in [-0.25, -0.2) is 15.0 Å². The van der Waals surface area contributed by atoms with E-state index in [9.17, 15) is 10.1 Å². The van der Waals surface area contributed by atoms with Gasteiger partial charge in [-0.3, -0.25) is 10.1 Å². The molecule has 0 atom stereocenters. The molecule has 2 aromatic rings. The van der Waals surface area contributed by atoms with Gasteiger partial charge in [-0.2, -0.15) is 0 Å². The Morgan fingerprint density at radius 1 is 1.29 bits per heavy atom. The fourth-order valence-electron chi connectivity index (χ4n) is 1.59. The van der Waals surface area contributed by atoms with Crippen molar-refractivity contribution < 1.29 is 4.92 Å². The predicted octanol–water partition coefficient (Wildman–Crippen LogP) is 3.11. The fraction of sp³-hybridized carbons (Fsp3) is 0.250. The van der Waals surface area contributed by atoms with Crippen molar-refractivity contribution in [3.05, 3.63) is 39.2 Å². The van der Waals surface area contributed by atoms with Crippen LogP contribution in [0.4, 0.5) is 23.1 Å². The molecule has 0 spiro atoms. The molecule has 0 aromatic carbocycles. The third-order valence-electron chi connectivity index (χ3n) is 2.52. The van der Waals surface area contributed by atoms with E-state index in [2.05, 4.69) is 41.5 Å². The smallest absolute Gasteiger partial charge is 0.353 e. The third kappa shape index (κ3) is 3.85. The van der Waals surface area contributed by atoms with Crippen molar-refractivity contribution in [3.8, 4) is 0 Å².